The average Bonchev–Trinajstić information content (AvgIpc) is 2.30. The fourth-order valence-corrected chi connectivity index (χ4v) is 4.39. The molecule has 0 saturated heterocycles. The highest BCUT2D eigenvalue weighted by Crippen LogP contribution is 2.15. The molecule has 0 fully saturated rings. The maximum absolute atomic E-state index is 6.24. The monoisotopic (exact) mass is 252 g/mol. The van der Waals surface area contributed by atoms with Crippen molar-refractivity contribution in [3.63, 3.8) is 0 Å². The van der Waals surface area contributed by atoms with Crippen LogP contribution in [0.3, 0.4) is 0 Å². The van der Waals surface area contributed by atoms with E-state index in [2.05, 4.69) is 39.5 Å². The van der Waals surface area contributed by atoms with Crippen molar-refractivity contribution in [3.05, 3.63) is 30.3 Å². The first kappa shape index (κ1) is 14.4. The molecule has 17 heavy (non-hydrogen) atoms. The molecule has 1 aromatic rings. The zero-order valence-corrected chi connectivity index (χ0v) is 12.6. The van der Waals surface area contributed by atoms with Crippen LogP contribution in [0.1, 0.15) is 27.7 Å². The predicted octanol–water partition coefficient (Wildman–Crippen LogP) is 3.06. The third-order valence-electron chi connectivity index (χ3n) is 3.07. The summed E-state index contributed by atoms with van der Waals surface area (Å²) in [5.41, 5.74) is 0. The Hall–Kier alpha value is -0.643. The second-order valence-electron chi connectivity index (χ2n) is 4.81. The molecule has 2 nitrogen and oxygen atoms in total. The molecule has 0 radical (unpaired) electrons. The zero-order valence-electron chi connectivity index (χ0n) is 11.6. The fraction of sp³-hybridized carbons (Fsp3) is 0.571. The molecule has 96 valence electrons. The molecule has 2 atom stereocenters. The lowest BCUT2D eigenvalue weighted by Crippen LogP contribution is -2.53. The number of benzene rings is 1. The van der Waals surface area contributed by atoms with Crippen LogP contribution in [-0.2, 0) is 8.85 Å². The first-order chi connectivity index (χ1) is 7.99. The van der Waals surface area contributed by atoms with Crippen LogP contribution in [0.4, 0.5) is 0 Å². The Labute approximate surface area is 106 Å². The van der Waals surface area contributed by atoms with E-state index in [-0.39, 0.29) is 6.10 Å². The summed E-state index contributed by atoms with van der Waals surface area (Å²) in [4.78, 5) is 0. The van der Waals surface area contributed by atoms with E-state index in [1.807, 2.05) is 25.1 Å². The van der Waals surface area contributed by atoms with Crippen LogP contribution in [0.5, 0.6) is 0 Å². The topological polar surface area (TPSA) is 18.5 Å². The van der Waals surface area contributed by atoms with Crippen molar-refractivity contribution in [1.82, 2.24) is 0 Å². The van der Waals surface area contributed by atoms with Crippen molar-refractivity contribution < 1.29 is 8.85 Å². The Kier molecular flexibility index (Phi) is 5.37. The van der Waals surface area contributed by atoms with Gasteiger partial charge in [-0.25, -0.2) is 0 Å². The summed E-state index contributed by atoms with van der Waals surface area (Å²) in [5.74, 6) is 0.506. The molecular weight excluding hydrogens is 228 g/mol. The van der Waals surface area contributed by atoms with Crippen molar-refractivity contribution in [2.24, 2.45) is 5.92 Å². The fourth-order valence-electron chi connectivity index (χ4n) is 1.69. The zero-order chi connectivity index (χ0) is 12.9. The summed E-state index contributed by atoms with van der Waals surface area (Å²) in [7, 11) is -2.25. The van der Waals surface area contributed by atoms with Gasteiger partial charge in [-0.1, -0.05) is 44.2 Å². The largest absolute Gasteiger partial charge is 0.391 e. The minimum atomic E-state index is -2.25. The Morgan fingerprint density at radius 2 is 1.71 bits per heavy atom. The lowest BCUT2D eigenvalue weighted by atomic mass is 10.1. The van der Waals surface area contributed by atoms with Crippen molar-refractivity contribution in [1.29, 1.82) is 0 Å². The molecule has 0 heterocycles. The highest BCUT2D eigenvalue weighted by molar-refractivity contribution is 6.80. The van der Waals surface area contributed by atoms with Gasteiger partial charge in [0.1, 0.15) is 0 Å². The van der Waals surface area contributed by atoms with Crippen molar-refractivity contribution in [2.75, 3.05) is 6.61 Å². The Morgan fingerprint density at radius 3 is 2.18 bits per heavy atom. The van der Waals surface area contributed by atoms with Crippen molar-refractivity contribution >= 4 is 13.7 Å². The second-order valence-corrected chi connectivity index (χ2v) is 7.80. The van der Waals surface area contributed by atoms with E-state index in [0.717, 1.165) is 0 Å². The van der Waals surface area contributed by atoms with E-state index in [4.69, 9.17) is 8.85 Å². The van der Waals surface area contributed by atoms with Gasteiger partial charge in [0.05, 0.1) is 0 Å². The molecule has 0 aliphatic carbocycles. The van der Waals surface area contributed by atoms with Gasteiger partial charge in [0.15, 0.2) is 0 Å². The molecule has 3 heteroatoms. The highest BCUT2D eigenvalue weighted by Gasteiger charge is 2.36. The van der Waals surface area contributed by atoms with Gasteiger partial charge in [-0.05, 0) is 31.5 Å². The van der Waals surface area contributed by atoms with E-state index in [9.17, 15) is 0 Å². The quantitative estimate of drug-likeness (QED) is 0.724. The Bertz CT molecular complexity index is 326. The molecule has 0 N–H and O–H groups in total. The molecule has 1 aromatic carbocycles. The van der Waals surface area contributed by atoms with Gasteiger partial charge in [-0.3, -0.25) is 0 Å². The van der Waals surface area contributed by atoms with E-state index >= 15 is 0 Å². The van der Waals surface area contributed by atoms with Crippen LogP contribution in [-0.4, -0.2) is 21.3 Å². The maximum Gasteiger partial charge on any atom is 0.369 e. The molecule has 0 aliphatic heterocycles. The third-order valence-corrected chi connectivity index (χ3v) is 6.11. The summed E-state index contributed by atoms with van der Waals surface area (Å²) in [5, 5.41) is 1.20. The highest BCUT2D eigenvalue weighted by atomic mass is 28.4. The molecule has 1 rings (SSSR count). The predicted molar refractivity (Wildman–Crippen MR) is 74.7 cm³/mol. The van der Waals surface area contributed by atoms with Crippen LogP contribution in [0, 0.1) is 5.92 Å². The van der Waals surface area contributed by atoms with Crippen LogP contribution < -0.4 is 5.19 Å². The van der Waals surface area contributed by atoms with Gasteiger partial charge in [0.2, 0.25) is 0 Å². The third kappa shape index (κ3) is 3.94. The van der Waals surface area contributed by atoms with Crippen molar-refractivity contribution in [2.45, 2.75) is 40.3 Å². The maximum atomic E-state index is 6.24. The molecular formula is C14H24O2Si. The molecule has 0 saturated carbocycles. The molecule has 2 unspecified atom stereocenters. The second kappa shape index (κ2) is 6.33. The van der Waals surface area contributed by atoms with E-state index < -0.39 is 8.56 Å². The molecule has 0 amide bonds. The van der Waals surface area contributed by atoms with Crippen LogP contribution in [0.15, 0.2) is 30.3 Å². The van der Waals surface area contributed by atoms with Gasteiger partial charge in [0, 0.05) is 12.7 Å². The Morgan fingerprint density at radius 1 is 1.12 bits per heavy atom. The van der Waals surface area contributed by atoms with Crippen LogP contribution in [0.25, 0.3) is 0 Å². The molecule has 0 aliphatic rings. The average molecular weight is 252 g/mol. The van der Waals surface area contributed by atoms with Gasteiger partial charge in [-0.15, -0.1) is 0 Å². The number of rotatable bonds is 6. The minimum absolute atomic E-state index is 0.221. The lowest BCUT2D eigenvalue weighted by Gasteiger charge is -2.31. The summed E-state index contributed by atoms with van der Waals surface area (Å²) < 4.78 is 12.2. The summed E-state index contributed by atoms with van der Waals surface area (Å²) in [6, 6.07) is 10.3. The first-order valence-corrected chi connectivity index (χ1v) is 8.68. The van der Waals surface area contributed by atoms with Crippen LogP contribution >= 0.6 is 0 Å². The summed E-state index contributed by atoms with van der Waals surface area (Å²) >= 11 is 0. The molecule has 0 bridgehead atoms. The lowest BCUT2D eigenvalue weighted by molar-refractivity contribution is 0.109. The van der Waals surface area contributed by atoms with Gasteiger partial charge in [-0.2, -0.15) is 0 Å². The van der Waals surface area contributed by atoms with Crippen molar-refractivity contribution in [3.8, 4) is 0 Å². The first-order valence-electron chi connectivity index (χ1n) is 6.37. The summed E-state index contributed by atoms with van der Waals surface area (Å²) in [6.07, 6.45) is 0.221. The van der Waals surface area contributed by atoms with Gasteiger partial charge in [0.25, 0.3) is 0 Å². The van der Waals surface area contributed by atoms with Gasteiger partial charge >= 0.3 is 8.56 Å². The smallest absolute Gasteiger partial charge is 0.369 e. The molecule has 0 aromatic heterocycles. The number of hydrogen-bond donors (Lipinski definition) is 0. The molecule has 0 spiro atoms. The number of hydrogen-bond acceptors (Lipinski definition) is 2. The van der Waals surface area contributed by atoms with E-state index in [1.54, 1.807) is 0 Å². The van der Waals surface area contributed by atoms with E-state index in [0.29, 0.717) is 12.5 Å². The van der Waals surface area contributed by atoms with Gasteiger partial charge < -0.3 is 8.85 Å². The SMILES string of the molecule is CCO[Si](C)(OC(C)C(C)C)c1ccccc1. The standard InChI is InChI=1S/C14H24O2Si/c1-6-15-17(5,16-13(4)12(2)3)14-10-8-7-9-11-14/h7-13H,6H2,1-5H3. The van der Waals surface area contributed by atoms with Crippen LogP contribution in [0.2, 0.25) is 6.55 Å². The summed E-state index contributed by atoms with van der Waals surface area (Å²) in [6.45, 7) is 11.3. The minimum Gasteiger partial charge on any atom is -0.391 e. The normalized spacial score (nSPS) is 16.8. The van der Waals surface area contributed by atoms with E-state index in [1.165, 1.54) is 5.19 Å². The Balaban J connectivity index is 2.89.